The van der Waals surface area contributed by atoms with E-state index in [1.54, 1.807) is 0 Å². The molecular formula is C20H24O2. The average molecular weight is 296 g/mol. The molecule has 0 N–H and O–H groups in total. The van der Waals surface area contributed by atoms with Gasteiger partial charge in [-0.15, -0.1) is 0 Å². The number of allylic oxidation sites excluding steroid dienone is 5. The molecule has 1 aliphatic carbocycles. The van der Waals surface area contributed by atoms with Gasteiger partial charge >= 0.3 is 5.97 Å². The molecule has 0 bridgehead atoms. The first-order valence-electron chi connectivity index (χ1n) is 7.93. The van der Waals surface area contributed by atoms with Gasteiger partial charge in [-0.25, -0.2) is 0 Å². The molecule has 0 fully saturated rings. The number of benzene rings is 1. The van der Waals surface area contributed by atoms with Crippen LogP contribution in [0.3, 0.4) is 0 Å². The normalized spacial score (nSPS) is 16.0. The monoisotopic (exact) mass is 296 g/mol. The van der Waals surface area contributed by atoms with Crippen molar-refractivity contribution in [3.8, 4) is 0 Å². The summed E-state index contributed by atoms with van der Waals surface area (Å²) in [5, 5.41) is 0. The molecule has 0 amide bonds. The zero-order valence-electron chi connectivity index (χ0n) is 13.6. The summed E-state index contributed by atoms with van der Waals surface area (Å²) in [6, 6.07) is 8.36. The SMILES string of the molecule is CCc1ccccc1/C(COC(=O)C(C)C)=C1/C=CC=CC1. The van der Waals surface area contributed by atoms with E-state index in [9.17, 15) is 4.79 Å². The van der Waals surface area contributed by atoms with Gasteiger partial charge in [-0.2, -0.15) is 0 Å². The number of esters is 1. The molecular weight excluding hydrogens is 272 g/mol. The van der Waals surface area contributed by atoms with E-state index in [0.717, 1.165) is 18.4 Å². The number of rotatable bonds is 5. The molecule has 0 saturated carbocycles. The fourth-order valence-electron chi connectivity index (χ4n) is 2.51. The number of carbonyl (C=O) groups excluding carboxylic acids is 1. The lowest BCUT2D eigenvalue weighted by Crippen LogP contribution is -2.14. The number of carbonyl (C=O) groups is 1. The minimum absolute atomic E-state index is 0.102. The minimum Gasteiger partial charge on any atom is -0.461 e. The van der Waals surface area contributed by atoms with Crippen LogP contribution < -0.4 is 0 Å². The molecule has 0 aromatic heterocycles. The predicted octanol–water partition coefficient (Wildman–Crippen LogP) is 4.72. The lowest BCUT2D eigenvalue weighted by Gasteiger charge is -2.18. The van der Waals surface area contributed by atoms with Crippen LogP contribution in [0.1, 0.15) is 38.3 Å². The van der Waals surface area contributed by atoms with Crippen molar-refractivity contribution < 1.29 is 9.53 Å². The van der Waals surface area contributed by atoms with Crippen LogP contribution in [-0.2, 0) is 16.0 Å². The summed E-state index contributed by atoms with van der Waals surface area (Å²) in [7, 11) is 0. The maximum atomic E-state index is 11.8. The first kappa shape index (κ1) is 16.3. The topological polar surface area (TPSA) is 26.3 Å². The molecule has 1 aromatic carbocycles. The molecule has 0 saturated heterocycles. The molecule has 0 spiro atoms. The molecule has 1 aliphatic rings. The first-order chi connectivity index (χ1) is 10.6. The number of aryl methyl sites for hydroxylation is 1. The van der Waals surface area contributed by atoms with E-state index in [-0.39, 0.29) is 11.9 Å². The zero-order chi connectivity index (χ0) is 15.9. The summed E-state index contributed by atoms with van der Waals surface area (Å²) in [6.45, 7) is 6.20. The van der Waals surface area contributed by atoms with Gasteiger partial charge in [0.1, 0.15) is 6.61 Å². The minimum atomic E-state index is -0.151. The van der Waals surface area contributed by atoms with E-state index in [0.29, 0.717) is 6.61 Å². The number of ether oxygens (including phenoxy) is 1. The standard InChI is InChI=1S/C20H24O2/c1-4-16-10-8-9-13-18(16)19(14-22-20(21)15(2)3)17-11-6-5-7-12-17/h5-11,13,15H,4,12,14H2,1-3H3/b19-17-. The van der Waals surface area contributed by atoms with Crippen LogP contribution in [0.25, 0.3) is 5.57 Å². The third-order valence-corrected chi connectivity index (χ3v) is 3.82. The highest BCUT2D eigenvalue weighted by molar-refractivity contribution is 5.78. The molecule has 2 nitrogen and oxygen atoms in total. The summed E-state index contributed by atoms with van der Waals surface area (Å²) in [5.41, 5.74) is 4.82. The Morgan fingerprint density at radius 2 is 2.00 bits per heavy atom. The van der Waals surface area contributed by atoms with E-state index in [4.69, 9.17) is 4.74 Å². The Labute approximate surface area is 133 Å². The van der Waals surface area contributed by atoms with Crippen LogP contribution in [0.5, 0.6) is 0 Å². The van der Waals surface area contributed by atoms with Crippen LogP contribution in [0, 0.1) is 5.92 Å². The zero-order valence-corrected chi connectivity index (χ0v) is 13.6. The van der Waals surface area contributed by atoms with Crippen LogP contribution >= 0.6 is 0 Å². The quantitative estimate of drug-likeness (QED) is 0.735. The lowest BCUT2D eigenvalue weighted by atomic mass is 9.92. The van der Waals surface area contributed by atoms with Crippen molar-refractivity contribution in [1.82, 2.24) is 0 Å². The summed E-state index contributed by atoms with van der Waals surface area (Å²) in [5.74, 6) is -0.253. The van der Waals surface area contributed by atoms with Crippen molar-refractivity contribution in [3.05, 3.63) is 65.3 Å². The van der Waals surface area contributed by atoms with Gasteiger partial charge in [0, 0.05) is 5.57 Å². The van der Waals surface area contributed by atoms with Crippen molar-refractivity contribution in [1.29, 1.82) is 0 Å². The summed E-state index contributed by atoms with van der Waals surface area (Å²) in [4.78, 5) is 11.8. The van der Waals surface area contributed by atoms with Crippen molar-refractivity contribution >= 4 is 11.5 Å². The Bertz CT molecular complexity index is 618. The highest BCUT2D eigenvalue weighted by atomic mass is 16.5. The molecule has 0 heterocycles. The lowest BCUT2D eigenvalue weighted by molar-refractivity contribution is -0.145. The maximum absolute atomic E-state index is 11.8. The predicted molar refractivity (Wildman–Crippen MR) is 91.4 cm³/mol. The highest BCUT2D eigenvalue weighted by Gasteiger charge is 2.15. The summed E-state index contributed by atoms with van der Waals surface area (Å²) in [6.07, 6.45) is 10.2. The Hall–Kier alpha value is -2.09. The van der Waals surface area contributed by atoms with Gasteiger partial charge in [0.15, 0.2) is 0 Å². The van der Waals surface area contributed by atoms with Crippen LogP contribution in [0.4, 0.5) is 0 Å². The van der Waals surface area contributed by atoms with Gasteiger partial charge < -0.3 is 4.74 Å². The molecule has 116 valence electrons. The van der Waals surface area contributed by atoms with Gasteiger partial charge in [-0.05, 0) is 29.5 Å². The molecule has 0 radical (unpaired) electrons. The van der Waals surface area contributed by atoms with E-state index in [1.165, 1.54) is 16.7 Å². The van der Waals surface area contributed by atoms with Gasteiger partial charge in [0.25, 0.3) is 0 Å². The molecule has 1 aromatic rings. The Kier molecular flexibility index (Phi) is 5.76. The number of hydrogen-bond acceptors (Lipinski definition) is 2. The van der Waals surface area contributed by atoms with Crippen LogP contribution in [0.15, 0.2) is 54.1 Å². The van der Waals surface area contributed by atoms with E-state index in [1.807, 2.05) is 32.1 Å². The van der Waals surface area contributed by atoms with E-state index < -0.39 is 0 Å². The number of hydrogen-bond donors (Lipinski definition) is 0. The van der Waals surface area contributed by atoms with Crippen LogP contribution in [0.2, 0.25) is 0 Å². The van der Waals surface area contributed by atoms with Crippen molar-refractivity contribution in [2.75, 3.05) is 6.61 Å². The Morgan fingerprint density at radius 1 is 1.23 bits per heavy atom. The second kappa shape index (κ2) is 7.79. The van der Waals surface area contributed by atoms with Crippen molar-refractivity contribution in [2.24, 2.45) is 5.92 Å². The van der Waals surface area contributed by atoms with Crippen molar-refractivity contribution in [2.45, 2.75) is 33.6 Å². The fourth-order valence-corrected chi connectivity index (χ4v) is 2.51. The van der Waals surface area contributed by atoms with Crippen LogP contribution in [-0.4, -0.2) is 12.6 Å². The third kappa shape index (κ3) is 3.97. The highest BCUT2D eigenvalue weighted by Crippen LogP contribution is 2.28. The molecule has 0 atom stereocenters. The van der Waals surface area contributed by atoms with Gasteiger partial charge in [0.2, 0.25) is 0 Å². The van der Waals surface area contributed by atoms with E-state index in [2.05, 4.69) is 37.3 Å². The largest absolute Gasteiger partial charge is 0.461 e. The molecule has 2 rings (SSSR count). The van der Waals surface area contributed by atoms with Gasteiger partial charge in [-0.1, -0.05) is 69.3 Å². The summed E-state index contributed by atoms with van der Waals surface area (Å²) < 4.78 is 5.52. The molecule has 22 heavy (non-hydrogen) atoms. The fraction of sp³-hybridized carbons (Fsp3) is 0.350. The van der Waals surface area contributed by atoms with Gasteiger partial charge in [0.05, 0.1) is 5.92 Å². The van der Waals surface area contributed by atoms with E-state index >= 15 is 0 Å². The Balaban J connectivity index is 2.36. The third-order valence-electron chi connectivity index (χ3n) is 3.82. The second-order valence-electron chi connectivity index (χ2n) is 5.77. The maximum Gasteiger partial charge on any atom is 0.308 e. The summed E-state index contributed by atoms with van der Waals surface area (Å²) >= 11 is 0. The molecule has 0 unspecified atom stereocenters. The molecule has 0 aliphatic heterocycles. The second-order valence-corrected chi connectivity index (χ2v) is 5.77. The Morgan fingerprint density at radius 3 is 2.64 bits per heavy atom. The molecule has 2 heteroatoms. The van der Waals surface area contributed by atoms with Crippen molar-refractivity contribution in [3.63, 3.8) is 0 Å². The smallest absolute Gasteiger partial charge is 0.308 e. The average Bonchev–Trinajstić information content (AvgIpc) is 2.56. The first-order valence-corrected chi connectivity index (χ1v) is 7.93. The van der Waals surface area contributed by atoms with Gasteiger partial charge in [-0.3, -0.25) is 4.79 Å².